The number of nitrogens with two attached hydrogens (primary N) is 1. The molecule has 0 aliphatic heterocycles. The summed E-state index contributed by atoms with van der Waals surface area (Å²) < 4.78 is 64.6. The number of rotatable bonds is 36. The molecule has 236 valence electrons. The van der Waals surface area contributed by atoms with Gasteiger partial charge in [0.25, 0.3) is 0 Å². The Morgan fingerprint density at radius 2 is 0.410 bits per heavy atom. The van der Waals surface area contributed by atoms with Crippen molar-refractivity contribution in [2.24, 2.45) is 5.73 Å². The average Bonchev–Trinajstić information content (AvgIpc) is 2.95. The zero-order chi connectivity index (χ0) is 28.2. The van der Waals surface area contributed by atoms with E-state index in [9.17, 15) is 0 Å². The first kappa shape index (κ1) is 38.5. The van der Waals surface area contributed by atoms with E-state index in [1.807, 2.05) is 6.92 Å². The largest absolute Gasteiger partial charge is 0.379 e. The number of hydrogen-bond acceptors (Lipinski definition) is 13. The SMILES string of the molecule is CCOCCOCCOCCOCCOCCOCCOCCOCCOCCOCCOCCOCCN. The minimum absolute atomic E-state index is 0.516. The lowest BCUT2D eigenvalue weighted by molar-refractivity contribution is -0.0282. The molecule has 0 rings (SSSR count). The highest BCUT2D eigenvalue weighted by Crippen LogP contribution is 1.87. The molecule has 0 aliphatic rings. The van der Waals surface area contributed by atoms with Crippen LogP contribution in [-0.2, 0) is 56.8 Å². The van der Waals surface area contributed by atoms with Crippen molar-refractivity contribution >= 4 is 0 Å². The molecule has 39 heavy (non-hydrogen) atoms. The Balaban J connectivity index is 3.01. The topological polar surface area (TPSA) is 137 Å². The van der Waals surface area contributed by atoms with Crippen LogP contribution in [0.4, 0.5) is 0 Å². The molecule has 13 nitrogen and oxygen atoms in total. The lowest BCUT2D eigenvalue weighted by Crippen LogP contribution is -2.15. The van der Waals surface area contributed by atoms with E-state index in [-0.39, 0.29) is 0 Å². The molecule has 0 heterocycles. The van der Waals surface area contributed by atoms with Crippen LogP contribution in [0, 0.1) is 0 Å². The lowest BCUT2D eigenvalue weighted by Gasteiger charge is -2.09. The summed E-state index contributed by atoms with van der Waals surface area (Å²) in [5, 5.41) is 0. The van der Waals surface area contributed by atoms with Gasteiger partial charge in [-0.1, -0.05) is 0 Å². The van der Waals surface area contributed by atoms with Crippen LogP contribution < -0.4 is 5.73 Å². The molecule has 0 bridgehead atoms. The van der Waals surface area contributed by atoms with Crippen LogP contribution >= 0.6 is 0 Å². The first-order valence-electron chi connectivity index (χ1n) is 14.0. The average molecular weight is 574 g/mol. The Bertz CT molecular complexity index is 390. The second kappa shape index (κ2) is 37.5. The van der Waals surface area contributed by atoms with Crippen LogP contribution in [0.2, 0.25) is 0 Å². The summed E-state index contributed by atoms with van der Waals surface area (Å²) in [6.45, 7) is 15.6. The molecule has 0 aromatic heterocycles. The highest BCUT2D eigenvalue weighted by Gasteiger charge is 1.96. The molecule has 0 saturated heterocycles. The molecule has 2 N–H and O–H groups in total. The van der Waals surface area contributed by atoms with Crippen LogP contribution in [0.1, 0.15) is 6.92 Å². The molecule has 0 unspecified atom stereocenters. The molecule has 0 aromatic carbocycles. The molecular formula is C26H55NO12. The Kier molecular flexibility index (Phi) is 37.0. The summed E-state index contributed by atoms with van der Waals surface area (Å²) in [6, 6.07) is 0. The molecule has 0 fully saturated rings. The van der Waals surface area contributed by atoms with Gasteiger partial charge in [-0.2, -0.15) is 0 Å². The molecule has 0 aliphatic carbocycles. The second-order valence-corrected chi connectivity index (χ2v) is 7.72. The van der Waals surface area contributed by atoms with Gasteiger partial charge in [0.05, 0.1) is 152 Å². The summed E-state index contributed by atoms with van der Waals surface area (Å²) in [7, 11) is 0. The number of hydrogen-bond donors (Lipinski definition) is 1. The fourth-order valence-corrected chi connectivity index (χ4v) is 2.65. The summed E-state index contributed by atoms with van der Waals surface area (Å²) in [4.78, 5) is 0. The van der Waals surface area contributed by atoms with Crippen molar-refractivity contribution in [2.45, 2.75) is 6.92 Å². The van der Waals surface area contributed by atoms with Crippen molar-refractivity contribution in [3.63, 3.8) is 0 Å². The Morgan fingerprint density at radius 3 is 0.564 bits per heavy atom. The monoisotopic (exact) mass is 573 g/mol. The molecule has 0 amide bonds. The summed E-state index contributed by atoms with van der Waals surface area (Å²) in [5.74, 6) is 0. The van der Waals surface area contributed by atoms with Crippen molar-refractivity contribution in [3.8, 4) is 0 Å². The predicted molar refractivity (Wildman–Crippen MR) is 145 cm³/mol. The van der Waals surface area contributed by atoms with E-state index in [0.717, 1.165) is 0 Å². The highest BCUT2D eigenvalue weighted by molar-refractivity contribution is 4.39. The molecule has 0 radical (unpaired) electrons. The van der Waals surface area contributed by atoms with Crippen LogP contribution in [0.25, 0.3) is 0 Å². The number of ether oxygens (including phenoxy) is 12. The van der Waals surface area contributed by atoms with Gasteiger partial charge >= 0.3 is 0 Å². The molecule has 0 aromatic rings. The fourth-order valence-electron chi connectivity index (χ4n) is 2.65. The van der Waals surface area contributed by atoms with Crippen LogP contribution in [0.5, 0.6) is 0 Å². The van der Waals surface area contributed by atoms with Gasteiger partial charge in [0, 0.05) is 13.2 Å². The zero-order valence-electron chi connectivity index (χ0n) is 24.2. The maximum absolute atomic E-state index is 5.46. The minimum Gasteiger partial charge on any atom is -0.379 e. The molecule has 0 saturated carbocycles. The highest BCUT2D eigenvalue weighted by atomic mass is 16.6. The molecule has 0 spiro atoms. The van der Waals surface area contributed by atoms with Crippen molar-refractivity contribution in [2.75, 3.05) is 165 Å². The van der Waals surface area contributed by atoms with Gasteiger partial charge in [-0.3, -0.25) is 0 Å². The van der Waals surface area contributed by atoms with E-state index in [1.54, 1.807) is 0 Å². The smallest absolute Gasteiger partial charge is 0.0701 e. The predicted octanol–water partition coefficient (Wildman–Crippen LogP) is 0.164. The fraction of sp³-hybridized carbons (Fsp3) is 1.00. The van der Waals surface area contributed by atoms with Gasteiger partial charge in [0.15, 0.2) is 0 Å². The lowest BCUT2D eigenvalue weighted by atomic mass is 10.6. The first-order chi connectivity index (χ1) is 19.4. The Hall–Kier alpha value is -0.520. The molecule has 13 heteroatoms. The maximum atomic E-state index is 5.46. The normalized spacial score (nSPS) is 11.5. The van der Waals surface area contributed by atoms with E-state index in [0.29, 0.717) is 165 Å². The second-order valence-electron chi connectivity index (χ2n) is 7.72. The summed E-state index contributed by atoms with van der Waals surface area (Å²) in [5.41, 5.74) is 5.32. The quantitative estimate of drug-likeness (QED) is 0.102. The van der Waals surface area contributed by atoms with Crippen LogP contribution in [0.3, 0.4) is 0 Å². The Morgan fingerprint density at radius 1 is 0.256 bits per heavy atom. The summed E-state index contributed by atoms with van der Waals surface area (Å²) in [6.07, 6.45) is 0. The van der Waals surface area contributed by atoms with Crippen molar-refractivity contribution < 1.29 is 56.8 Å². The standard InChI is InChI=1S/C26H55NO12/c1-2-28-5-6-30-9-10-32-13-14-34-17-18-36-21-22-38-25-26-39-24-23-37-20-19-35-16-15-33-12-11-31-8-7-29-4-3-27/h2-27H2,1H3. The van der Waals surface area contributed by atoms with Crippen LogP contribution in [-0.4, -0.2) is 165 Å². The van der Waals surface area contributed by atoms with Gasteiger partial charge < -0.3 is 62.6 Å². The molecular weight excluding hydrogens is 518 g/mol. The van der Waals surface area contributed by atoms with Crippen molar-refractivity contribution in [1.29, 1.82) is 0 Å². The van der Waals surface area contributed by atoms with E-state index in [4.69, 9.17) is 62.6 Å². The van der Waals surface area contributed by atoms with Gasteiger partial charge in [-0.05, 0) is 6.92 Å². The van der Waals surface area contributed by atoms with Gasteiger partial charge in [-0.15, -0.1) is 0 Å². The Labute approximate surface area is 235 Å². The third-order valence-corrected chi connectivity index (χ3v) is 4.56. The minimum atomic E-state index is 0.516. The van der Waals surface area contributed by atoms with E-state index in [2.05, 4.69) is 0 Å². The molecule has 0 atom stereocenters. The van der Waals surface area contributed by atoms with E-state index >= 15 is 0 Å². The van der Waals surface area contributed by atoms with Gasteiger partial charge in [0.1, 0.15) is 0 Å². The van der Waals surface area contributed by atoms with E-state index < -0.39 is 0 Å². The maximum Gasteiger partial charge on any atom is 0.0701 e. The third kappa shape index (κ3) is 37.5. The van der Waals surface area contributed by atoms with Gasteiger partial charge in [0.2, 0.25) is 0 Å². The van der Waals surface area contributed by atoms with Gasteiger partial charge in [-0.25, -0.2) is 0 Å². The van der Waals surface area contributed by atoms with Crippen molar-refractivity contribution in [3.05, 3.63) is 0 Å². The van der Waals surface area contributed by atoms with Crippen molar-refractivity contribution in [1.82, 2.24) is 0 Å². The van der Waals surface area contributed by atoms with Crippen LogP contribution in [0.15, 0.2) is 0 Å². The third-order valence-electron chi connectivity index (χ3n) is 4.56. The summed E-state index contributed by atoms with van der Waals surface area (Å²) >= 11 is 0. The first-order valence-corrected chi connectivity index (χ1v) is 14.0. The zero-order valence-corrected chi connectivity index (χ0v) is 24.2. The van der Waals surface area contributed by atoms with E-state index in [1.165, 1.54) is 0 Å².